The first-order chi connectivity index (χ1) is 12.8. The number of rotatable bonds is 6. The number of hydrogen-bond donors (Lipinski definition) is 2. The fraction of sp³-hybridized carbons (Fsp3) is 0.684. The third-order valence-electron chi connectivity index (χ3n) is 4.73. The molecular formula is C19H32N4O4S. The lowest BCUT2D eigenvalue weighted by atomic mass is 9.93. The fourth-order valence-electron chi connectivity index (χ4n) is 3.48. The average Bonchev–Trinajstić information content (AvgIpc) is 2.84. The number of likely N-dealkylation sites (tertiary alicyclic amines) is 1. The number of carbonyl (C=O) groups excluding carboxylic acids is 1. The zero-order valence-electron chi connectivity index (χ0n) is 17.4. The number of carbonyl (C=O) groups is 1. The summed E-state index contributed by atoms with van der Waals surface area (Å²) in [6.07, 6.45) is 3.83. The fourth-order valence-corrected chi connectivity index (χ4v) is 3.94. The van der Waals surface area contributed by atoms with E-state index in [1.54, 1.807) is 6.07 Å². The van der Waals surface area contributed by atoms with Crippen LogP contribution in [-0.2, 0) is 14.8 Å². The zero-order valence-corrected chi connectivity index (χ0v) is 18.2. The van der Waals surface area contributed by atoms with Crippen LogP contribution in [0.15, 0.2) is 23.2 Å². The zero-order chi connectivity index (χ0) is 21.2. The number of aromatic nitrogens is 1. The second kappa shape index (κ2) is 8.24. The smallest absolute Gasteiger partial charge is 0.410 e. The molecule has 1 saturated heterocycles. The van der Waals surface area contributed by atoms with Crippen LogP contribution in [0, 0.1) is 5.92 Å². The predicted molar refractivity (Wildman–Crippen MR) is 108 cm³/mol. The van der Waals surface area contributed by atoms with Crippen molar-refractivity contribution in [2.45, 2.75) is 69.9 Å². The molecule has 1 aliphatic heterocycles. The van der Waals surface area contributed by atoms with Gasteiger partial charge in [-0.2, -0.15) is 0 Å². The summed E-state index contributed by atoms with van der Waals surface area (Å²) in [6.45, 7) is 11.2. The summed E-state index contributed by atoms with van der Waals surface area (Å²) in [5, 5.41) is 8.24. The Balaban J connectivity index is 1.80. The SMILES string of the molecule is CC(C)(C)OC(=O)N1C[C@@H](CCCNc2ccc(S(N)(=O)=O)cn2)CC1(C)C. The second-order valence-electron chi connectivity index (χ2n) is 8.97. The van der Waals surface area contributed by atoms with Crippen molar-refractivity contribution in [2.24, 2.45) is 11.1 Å². The van der Waals surface area contributed by atoms with Gasteiger partial charge in [0.2, 0.25) is 10.0 Å². The molecule has 1 amide bonds. The molecule has 0 spiro atoms. The van der Waals surface area contributed by atoms with Crippen LogP contribution < -0.4 is 10.5 Å². The molecule has 0 aliphatic carbocycles. The molecule has 158 valence electrons. The van der Waals surface area contributed by atoms with Crippen LogP contribution in [-0.4, -0.2) is 48.6 Å². The number of hydrogen-bond acceptors (Lipinski definition) is 6. The van der Waals surface area contributed by atoms with E-state index in [4.69, 9.17) is 9.88 Å². The predicted octanol–water partition coefficient (Wildman–Crippen LogP) is 2.96. The summed E-state index contributed by atoms with van der Waals surface area (Å²) >= 11 is 0. The minimum Gasteiger partial charge on any atom is -0.444 e. The van der Waals surface area contributed by atoms with Crippen molar-refractivity contribution in [2.75, 3.05) is 18.4 Å². The van der Waals surface area contributed by atoms with Crippen molar-refractivity contribution in [3.8, 4) is 0 Å². The molecule has 8 nitrogen and oxygen atoms in total. The van der Waals surface area contributed by atoms with Gasteiger partial charge in [0.1, 0.15) is 16.3 Å². The number of pyridine rings is 1. The standard InChI is InChI=1S/C19H32N4O4S/c1-18(2,3)27-17(24)23-13-14(11-19(23,4)5)7-6-10-21-16-9-8-15(12-22-16)28(20,25)26/h8-9,12,14H,6-7,10-11,13H2,1-5H3,(H,21,22)(H2,20,25,26)/t14-/m0/s1. The molecule has 28 heavy (non-hydrogen) atoms. The monoisotopic (exact) mass is 412 g/mol. The molecular weight excluding hydrogens is 380 g/mol. The lowest BCUT2D eigenvalue weighted by molar-refractivity contribution is 0.0131. The summed E-state index contributed by atoms with van der Waals surface area (Å²) in [7, 11) is -3.72. The van der Waals surface area contributed by atoms with Gasteiger partial charge in [0.05, 0.1) is 0 Å². The molecule has 1 aromatic rings. The largest absolute Gasteiger partial charge is 0.444 e. The molecule has 1 atom stereocenters. The number of ether oxygens (including phenoxy) is 1. The van der Waals surface area contributed by atoms with Gasteiger partial charge in [-0.25, -0.2) is 23.3 Å². The first-order valence-corrected chi connectivity index (χ1v) is 11.1. The summed E-state index contributed by atoms with van der Waals surface area (Å²) < 4.78 is 28.0. The van der Waals surface area contributed by atoms with E-state index in [1.807, 2.05) is 25.7 Å². The van der Waals surface area contributed by atoms with Crippen molar-refractivity contribution in [3.63, 3.8) is 0 Å². The lowest BCUT2D eigenvalue weighted by Crippen LogP contribution is -2.45. The van der Waals surface area contributed by atoms with Crippen LogP contribution in [0.1, 0.15) is 53.9 Å². The van der Waals surface area contributed by atoms with Crippen LogP contribution in [0.25, 0.3) is 0 Å². The van der Waals surface area contributed by atoms with E-state index in [0.29, 0.717) is 24.8 Å². The van der Waals surface area contributed by atoms with Crippen molar-refractivity contribution < 1.29 is 17.9 Å². The van der Waals surface area contributed by atoms with Gasteiger partial charge >= 0.3 is 6.09 Å². The molecule has 3 N–H and O–H groups in total. The van der Waals surface area contributed by atoms with Gasteiger partial charge in [-0.3, -0.25) is 0 Å². The minimum atomic E-state index is -3.72. The Morgan fingerprint density at radius 2 is 2.07 bits per heavy atom. The van der Waals surface area contributed by atoms with Crippen molar-refractivity contribution in [3.05, 3.63) is 18.3 Å². The van der Waals surface area contributed by atoms with Crippen LogP contribution >= 0.6 is 0 Å². The van der Waals surface area contributed by atoms with Gasteiger partial charge in [-0.15, -0.1) is 0 Å². The Bertz CT molecular complexity index is 785. The highest BCUT2D eigenvalue weighted by Gasteiger charge is 2.42. The Morgan fingerprint density at radius 3 is 2.61 bits per heavy atom. The highest BCUT2D eigenvalue weighted by molar-refractivity contribution is 7.89. The van der Waals surface area contributed by atoms with Gasteiger partial charge in [-0.1, -0.05) is 0 Å². The number of anilines is 1. The number of primary sulfonamides is 1. The first kappa shape index (κ1) is 22.4. The quantitative estimate of drug-likeness (QED) is 0.694. The van der Waals surface area contributed by atoms with Gasteiger partial charge in [-0.05, 0) is 71.9 Å². The van der Waals surface area contributed by atoms with E-state index in [-0.39, 0.29) is 16.5 Å². The molecule has 1 aliphatic rings. The molecule has 1 fully saturated rings. The maximum atomic E-state index is 12.5. The summed E-state index contributed by atoms with van der Waals surface area (Å²) in [6, 6.07) is 3.03. The Hall–Kier alpha value is -1.87. The Labute approximate surface area is 167 Å². The maximum absolute atomic E-state index is 12.5. The van der Waals surface area contributed by atoms with Crippen LogP contribution in [0.4, 0.5) is 10.6 Å². The molecule has 2 heterocycles. The summed E-state index contributed by atoms with van der Waals surface area (Å²) in [5.74, 6) is 1.02. The lowest BCUT2D eigenvalue weighted by Gasteiger charge is -2.33. The third-order valence-corrected chi connectivity index (χ3v) is 5.63. The van der Waals surface area contributed by atoms with E-state index >= 15 is 0 Å². The normalized spacial score (nSPS) is 19.5. The number of nitrogens with one attached hydrogen (secondary N) is 1. The highest BCUT2D eigenvalue weighted by Crippen LogP contribution is 2.36. The highest BCUT2D eigenvalue weighted by atomic mass is 32.2. The van der Waals surface area contributed by atoms with Crippen LogP contribution in [0.3, 0.4) is 0 Å². The number of sulfonamides is 1. The molecule has 0 radical (unpaired) electrons. The van der Waals surface area contributed by atoms with E-state index in [9.17, 15) is 13.2 Å². The van der Waals surface area contributed by atoms with Crippen molar-refractivity contribution in [1.82, 2.24) is 9.88 Å². The van der Waals surface area contributed by atoms with Crippen LogP contribution in [0.2, 0.25) is 0 Å². The van der Waals surface area contributed by atoms with E-state index in [2.05, 4.69) is 24.1 Å². The van der Waals surface area contributed by atoms with Crippen molar-refractivity contribution >= 4 is 21.9 Å². The number of nitrogens with two attached hydrogens (primary N) is 1. The van der Waals surface area contributed by atoms with E-state index in [1.165, 1.54) is 12.3 Å². The Morgan fingerprint density at radius 1 is 1.39 bits per heavy atom. The molecule has 1 aromatic heterocycles. The summed E-state index contributed by atoms with van der Waals surface area (Å²) in [4.78, 5) is 18.4. The molecule has 0 bridgehead atoms. The molecule has 0 saturated carbocycles. The molecule has 2 rings (SSSR count). The topological polar surface area (TPSA) is 115 Å². The van der Waals surface area contributed by atoms with Gasteiger partial charge < -0.3 is 15.0 Å². The van der Waals surface area contributed by atoms with E-state index < -0.39 is 15.6 Å². The van der Waals surface area contributed by atoms with Gasteiger partial charge in [0, 0.05) is 24.8 Å². The Kier molecular flexibility index (Phi) is 6.60. The van der Waals surface area contributed by atoms with Gasteiger partial charge in [0.15, 0.2) is 0 Å². The average molecular weight is 413 g/mol. The number of nitrogens with zero attached hydrogens (tertiary/aromatic N) is 2. The third kappa shape index (κ3) is 6.34. The van der Waals surface area contributed by atoms with E-state index in [0.717, 1.165) is 19.3 Å². The molecule has 0 aromatic carbocycles. The summed E-state index contributed by atoms with van der Waals surface area (Å²) in [5.41, 5.74) is -0.716. The molecule has 9 heteroatoms. The minimum absolute atomic E-state index is 0.00605. The van der Waals surface area contributed by atoms with Crippen LogP contribution in [0.5, 0.6) is 0 Å². The number of amides is 1. The first-order valence-electron chi connectivity index (χ1n) is 9.51. The van der Waals surface area contributed by atoms with Crippen molar-refractivity contribution in [1.29, 1.82) is 0 Å². The second-order valence-corrected chi connectivity index (χ2v) is 10.5. The maximum Gasteiger partial charge on any atom is 0.410 e. The molecule has 0 unspecified atom stereocenters. The van der Waals surface area contributed by atoms with Gasteiger partial charge in [0.25, 0.3) is 0 Å².